The summed E-state index contributed by atoms with van der Waals surface area (Å²) < 4.78 is 1.68. The number of aryl methyl sites for hydroxylation is 1. The second-order valence-corrected chi connectivity index (χ2v) is 6.76. The van der Waals surface area contributed by atoms with Gasteiger partial charge in [-0.1, -0.05) is 30.8 Å². The van der Waals surface area contributed by atoms with Crippen molar-refractivity contribution < 1.29 is 9.59 Å². The monoisotopic (exact) mass is 372 g/mol. The zero-order valence-corrected chi connectivity index (χ0v) is 15.3. The lowest BCUT2D eigenvalue weighted by atomic mass is 9.88. The fraction of sp³-hybridized carbons (Fsp3) is 0.136. The Morgan fingerprint density at radius 1 is 1.18 bits per heavy atom. The Morgan fingerprint density at radius 3 is 2.86 bits per heavy atom. The van der Waals surface area contributed by atoms with Gasteiger partial charge in [0.05, 0.1) is 5.69 Å². The largest absolute Gasteiger partial charge is 0.382 e. The number of fused-ring (bicyclic) bond motifs is 1. The minimum atomic E-state index is -0.276. The molecule has 0 unspecified atom stereocenters. The number of carbonyl (C=O) groups excluding carboxylic acids is 2. The van der Waals surface area contributed by atoms with E-state index in [-0.39, 0.29) is 11.7 Å². The predicted octanol–water partition coefficient (Wildman–Crippen LogP) is 3.77. The molecule has 0 radical (unpaired) electrons. The van der Waals surface area contributed by atoms with Crippen LogP contribution in [0.3, 0.4) is 0 Å². The van der Waals surface area contributed by atoms with Crippen LogP contribution in [0.1, 0.15) is 28.8 Å². The molecule has 6 heteroatoms. The fourth-order valence-electron chi connectivity index (χ4n) is 3.48. The number of hydrogen-bond donors (Lipinski definition) is 2. The van der Waals surface area contributed by atoms with Crippen LogP contribution in [0.4, 0.5) is 11.5 Å². The van der Waals surface area contributed by atoms with Crippen LogP contribution >= 0.6 is 0 Å². The maximum Gasteiger partial charge on any atom is 0.247 e. The molecule has 3 aromatic rings. The zero-order chi connectivity index (χ0) is 19.7. The molecule has 0 fully saturated rings. The minimum absolute atomic E-state index is 0.204. The second-order valence-electron chi connectivity index (χ2n) is 6.76. The molecule has 3 N–H and O–H groups in total. The van der Waals surface area contributed by atoms with E-state index >= 15 is 0 Å². The van der Waals surface area contributed by atoms with Crippen molar-refractivity contribution in [1.82, 2.24) is 9.78 Å². The number of aromatic nitrogens is 2. The highest BCUT2D eigenvalue weighted by atomic mass is 16.1. The highest BCUT2D eigenvalue weighted by Crippen LogP contribution is 2.31. The summed E-state index contributed by atoms with van der Waals surface area (Å²) in [5.41, 5.74) is 11.2. The van der Waals surface area contributed by atoms with Crippen LogP contribution in [0.25, 0.3) is 16.8 Å². The topological polar surface area (TPSA) is 90.0 Å². The van der Waals surface area contributed by atoms with Gasteiger partial charge < -0.3 is 11.1 Å². The van der Waals surface area contributed by atoms with Gasteiger partial charge in [-0.05, 0) is 48.2 Å². The van der Waals surface area contributed by atoms with Gasteiger partial charge in [0, 0.05) is 29.4 Å². The summed E-state index contributed by atoms with van der Waals surface area (Å²) in [6.07, 6.45) is 5.47. The zero-order valence-electron chi connectivity index (χ0n) is 15.3. The summed E-state index contributed by atoms with van der Waals surface area (Å²) in [4.78, 5) is 23.6. The van der Waals surface area contributed by atoms with E-state index < -0.39 is 0 Å². The third kappa shape index (κ3) is 3.32. The average Bonchev–Trinajstić information content (AvgIpc) is 3.10. The van der Waals surface area contributed by atoms with Gasteiger partial charge in [0.25, 0.3) is 0 Å². The van der Waals surface area contributed by atoms with E-state index in [1.54, 1.807) is 10.7 Å². The van der Waals surface area contributed by atoms with Crippen molar-refractivity contribution in [2.75, 3.05) is 11.1 Å². The van der Waals surface area contributed by atoms with E-state index in [0.717, 1.165) is 40.8 Å². The maximum absolute atomic E-state index is 12.0. The molecule has 1 amide bonds. The van der Waals surface area contributed by atoms with Gasteiger partial charge in [-0.25, -0.2) is 4.68 Å². The van der Waals surface area contributed by atoms with Crippen molar-refractivity contribution in [3.63, 3.8) is 0 Å². The third-order valence-electron chi connectivity index (χ3n) is 4.87. The molecule has 0 aliphatic heterocycles. The normalized spacial score (nSPS) is 13.1. The molecule has 4 rings (SSSR count). The molecule has 0 bridgehead atoms. The Bertz CT molecular complexity index is 1100. The Hall–Kier alpha value is -3.67. The molecule has 28 heavy (non-hydrogen) atoms. The summed E-state index contributed by atoms with van der Waals surface area (Å²) in [6.45, 7) is 3.45. The molecule has 1 aliphatic carbocycles. The smallest absolute Gasteiger partial charge is 0.247 e. The van der Waals surface area contributed by atoms with Crippen LogP contribution in [0, 0.1) is 0 Å². The Morgan fingerprint density at radius 2 is 2.04 bits per heavy atom. The number of ketones is 1. The first-order valence-corrected chi connectivity index (χ1v) is 9.10. The van der Waals surface area contributed by atoms with Gasteiger partial charge in [0.2, 0.25) is 5.91 Å². The Kier molecular flexibility index (Phi) is 4.53. The first-order valence-electron chi connectivity index (χ1n) is 9.10. The van der Waals surface area contributed by atoms with Crippen molar-refractivity contribution in [1.29, 1.82) is 0 Å². The second kappa shape index (κ2) is 7.15. The van der Waals surface area contributed by atoms with Crippen molar-refractivity contribution in [3.05, 3.63) is 72.4 Å². The molecular weight excluding hydrogens is 352 g/mol. The third-order valence-corrected chi connectivity index (χ3v) is 4.87. The van der Waals surface area contributed by atoms with Crippen LogP contribution in [0.5, 0.6) is 0 Å². The highest BCUT2D eigenvalue weighted by Gasteiger charge is 2.18. The molecule has 0 atom stereocenters. The molecule has 0 spiro atoms. The molecule has 0 saturated carbocycles. The lowest BCUT2D eigenvalue weighted by Gasteiger charge is -2.15. The van der Waals surface area contributed by atoms with Gasteiger partial charge >= 0.3 is 0 Å². The Labute approximate surface area is 162 Å². The van der Waals surface area contributed by atoms with Crippen LogP contribution in [-0.2, 0) is 11.2 Å². The van der Waals surface area contributed by atoms with Crippen LogP contribution in [-0.4, -0.2) is 21.5 Å². The number of anilines is 2. The van der Waals surface area contributed by atoms with Gasteiger partial charge in [-0.2, -0.15) is 5.10 Å². The molecule has 0 saturated heterocycles. The number of hydrogen-bond acceptors (Lipinski definition) is 4. The lowest BCUT2D eigenvalue weighted by molar-refractivity contribution is -0.111. The quantitative estimate of drug-likeness (QED) is 0.682. The van der Waals surface area contributed by atoms with E-state index in [4.69, 9.17) is 5.73 Å². The van der Waals surface area contributed by atoms with Crippen molar-refractivity contribution in [2.24, 2.45) is 0 Å². The summed E-state index contributed by atoms with van der Waals surface area (Å²) >= 11 is 0. The van der Waals surface area contributed by atoms with E-state index in [0.29, 0.717) is 17.9 Å². The summed E-state index contributed by atoms with van der Waals surface area (Å²) in [5.74, 6) is 0.332. The van der Waals surface area contributed by atoms with Crippen molar-refractivity contribution in [2.45, 2.75) is 19.3 Å². The van der Waals surface area contributed by atoms with E-state index in [9.17, 15) is 9.59 Å². The van der Waals surface area contributed by atoms with Crippen molar-refractivity contribution in [3.8, 4) is 16.8 Å². The summed E-state index contributed by atoms with van der Waals surface area (Å²) in [6, 6.07) is 13.1. The van der Waals surface area contributed by atoms with E-state index in [1.165, 1.54) is 6.08 Å². The SMILES string of the molecule is C=CC(=O)Nc1cccc(-n2cc(-c3ccc4c(c3)CCCC4=O)c(N)n2)c1. The van der Waals surface area contributed by atoms with Gasteiger partial charge in [0.15, 0.2) is 11.6 Å². The standard InChI is InChI=1S/C22H20N4O2/c1-2-21(28)24-16-6-4-7-17(12-16)26-13-19(22(23)25-26)15-9-10-18-14(11-15)5-3-8-20(18)27/h2,4,6-7,9-13H,1,3,5,8H2,(H2,23,25)(H,24,28). The minimum Gasteiger partial charge on any atom is -0.382 e. The fourth-order valence-corrected chi connectivity index (χ4v) is 3.48. The first-order chi connectivity index (χ1) is 13.5. The molecule has 1 aliphatic rings. The predicted molar refractivity (Wildman–Crippen MR) is 110 cm³/mol. The number of nitrogen functional groups attached to an aromatic ring is 1. The molecule has 1 heterocycles. The Balaban J connectivity index is 1.68. The number of nitrogens with zero attached hydrogens (tertiary/aromatic N) is 2. The molecule has 2 aromatic carbocycles. The van der Waals surface area contributed by atoms with Gasteiger partial charge in [0.1, 0.15) is 0 Å². The summed E-state index contributed by atoms with van der Waals surface area (Å²) in [7, 11) is 0. The number of Topliss-reactive ketones (excluding diaryl/α,β-unsaturated/α-hetero) is 1. The average molecular weight is 372 g/mol. The van der Waals surface area contributed by atoms with Gasteiger partial charge in [-0.15, -0.1) is 0 Å². The van der Waals surface area contributed by atoms with E-state index in [1.807, 2.05) is 42.6 Å². The molecule has 140 valence electrons. The number of rotatable bonds is 4. The number of nitrogens with one attached hydrogen (secondary N) is 1. The lowest BCUT2D eigenvalue weighted by Crippen LogP contribution is -2.10. The maximum atomic E-state index is 12.0. The highest BCUT2D eigenvalue weighted by molar-refractivity contribution is 5.99. The van der Waals surface area contributed by atoms with Crippen LogP contribution < -0.4 is 11.1 Å². The number of nitrogens with two attached hydrogens (primary N) is 1. The van der Waals surface area contributed by atoms with Crippen LogP contribution in [0.15, 0.2) is 61.3 Å². The molecule has 1 aromatic heterocycles. The molecular formula is C22H20N4O2. The molecule has 6 nitrogen and oxygen atoms in total. The number of benzene rings is 2. The number of carbonyl (C=O) groups is 2. The van der Waals surface area contributed by atoms with Gasteiger partial charge in [-0.3, -0.25) is 9.59 Å². The van der Waals surface area contributed by atoms with Crippen molar-refractivity contribution >= 4 is 23.2 Å². The van der Waals surface area contributed by atoms with Crippen LogP contribution in [0.2, 0.25) is 0 Å². The summed E-state index contributed by atoms with van der Waals surface area (Å²) in [5, 5.41) is 7.15. The van der Waals surface area contributed by atoms with E-state index in [2.05, 4.69) is 17.0 Å². The first kappa shape index (κ1) is 17.7. The number of amides is 1.